The van der Waals surface area contributed by atoms with Crippen molar-refractivity contribution in [3.05, 3.63) is 0 Å². The monoisotopic (exact) mass is 120 g/mol. The van der Waals surface area contributed by atoms with Crippen LogP contribution in [0.4, 0.5) is 0 Å². The minimum atomic E-state index is 0.295. The Morgan fingerprint density at radius 2 is 2.11 bits per heavy atom. The molecule has 9 heavy (non-hydrogen) atoms. The van der Waals surface area contributed by atoms with E-state index in [1.165, 1.54) is 12.8 Å². The molecule has 2 radical (unpaired) electrons. The SMILES string of the molecule is [B]=C[B]C(C)(C)CCC. The van der Waals surface area contributed by atoms with Crippen LogP contribution in [0, 0.1) is 0 Å². The molecule has 0 aromatic rings. The van der Waals surface area contributed by atoms with Crippen LogP contribution in [-0.4, -0.2) is 20.6 Å². The predicted molar refractivity (Wildman–Crippen MR) is 46.5 cm³/mol. The second-order valence-electron chi connectivity index (χ2n) is 3.10. The van der Waals surface area contributed by atoms with E-state index in [9.17, 15) is 0 Å². The molecule has 0 aromatic carbocycles. The van der Waals surface area contributed by atoms with Crippen molar-refractivity contribution in [2.24, 2.45) is 0 Å². The van der Waals surface area contributed by atoms with E-state index in [-0.39, 0.29) is 0 Å². The maximum absolute atomic E-state index is 5.26. The van der Waals surface area contributed by atoms with Gasteiger partial charge in [-0.2, -0.15) is 0 Å². The van der Waals surface area contributed by atoms with Crippen molar-refractivity contribution in [2.45, 2.75) is 38.9 Å². The molecule has 0 bridgehead atoms. The fraction of sp³-hybridized carbons (Fsp3) is 0.857. The molecule has 0 aliphatic rings. The van der Waals surface area contributed by atoms with E-state index in [1.807, 2.05) is 0 Å². The van der Waals surface area contributed by atoms with Gasteiger partial charge in [0.2, 0.25) is 0 Å². The molecule has 0 atom stereocenters. The molecular formula is C7H14B2. The summed E-state index contributed by atoms with van der Waals surface area (Å²) in [4.78, 5) is 0. The van der Waals surface area contributed by atoms with Crippen LogP contribution >= 0.6 is 0 Å². The van der Waals surface area contributed by atoms with E-state index in [1.54, 1.807) is 5.87 Å². The molecule has 0 amide bonds. The summed E-state index contributed by atoms with van der Waals surface area (Å²) in [5, 5.41) is 0.295. The molecule has 0 aromatic heterocycles. The van der Waals surface area contributed by atoms with E-state index in [0.29, 0.717) is 5.31 Å². The van der Waals surface area contributed by atoms with Gasteiger partial charge >= 0.3 is 59.6 Å². The van der Waals surface area contributed by atoms with Crippen LogP contribution in [0.25, 0.3) is 0 Å². The van der Waals surface area contributed by atoms with Gasteiger partial charge in [-0.3, -0.25) is 0 Å². The summed E-state index contributed by atoms with van der Waals surface area (Å²) in [6.07, 6.45) is 2.43. The second-order valence-corrected chi connectivity index (χ2v) is 3.10. The van der Waals surface area contributed by atoms with Gasteiger partial charge in [0.25, 0.3) is 0 Å². The Morgan fingerprint density at radius 3 is 2.44 bits per heavy atom. The van der Waals surface area contributed by atoms with Crippen LogP contribution in [0.1, 0.15) is 33.6 Å². The quantitative estimate of drug-likeness (QED) is 0.494. The molecule has 2 heteroatoms. The van der Waals surface area contributed by atoms with Crippen molar-refractivity contribution < 1.29 is 0 Å². The number of hydrogen-bond acceptors (Lipinski definition) is 0. The van der Waals surface area contributed by atoms with E-state index in [2.05, 4.69) is 28.1 Å². The Morgan fingerprint density at radius 1 is 1.56 bits per heavy atom. The summed E-state index contributed by atoms with van der Waals surface area (Å²) in [5.41, 5.74) is 0. The number of rotatable bonds is 4. The van der Waals surface area contributed by atoms with Crippen LogP contribution in [0.15, 0.2) is 0 Å². The molecule has 48 valence electrons. The average molecular weight is 120 g/mol. The van der Waals surface area contributed by atoms with E-state index < -0.39 is 0 Å². The summed E-state index contributed by atoms with van der Waals surface area (Å²) < 4.78 is 0. The third-order valence-electron chi connectivity index (χ3n) is 1.44. The third-order valence-corrected chi connectivity index (χ3v) is 1.44. The zero-order valence-corrected chi connectivity index (χ0v) is 6.65. The molecule has 0 saturated carbocycles. The van der Waals surface area contributed by atoms with Crippen molar-refractivity contribution in [3.63, 3.8) is 0 Å². The van der Waals surface area contributed by atoms with Crippen LogP contribution < -0.4 is 0 Å². The summed E-state index contributed by atoms with van der Waals surface area (Å²) in [6, 6.07) is 0. The van der Waals surface area contributed by atoms with Crippen molar-refractivity contribution in [3.8, 4) is 0 Å². The predicted octanol–water partition coefficient (Wildman–Crippen LogP) is 1.62. The Bertz CT molecular complexity index is 86.9. The molecule has 0 nitrogen and oxygen atoms in total. The van der Waals surface area contributed by atoms with Crippen LogP contribution in [-0.2, 0) is 0 Å². The van der Waals surface area contributed by atoms with Gasteiger partial charge in [0.05, 0.1) is 0 Å². The van der Waals surface area contributed by atoms with Crippen LogP contribution in [0.2, 0.25) is 5.31 Å². The first-order valence-corrected chi connectivity index (χ1v) is 3.52. The Balaban J connectivity index is 3.55. The summed E-state index contributed by atoms with van der Waals surface area (Å²) in [6.45, 7) is 6.58. The first-order chi connectivity index (χ1) is 4.12. The van der Waals surface area contributed by atoms with Crippen molar-refractivity contribution in [2.75, 3.05) is 0 Å². The first-order valence-electron chi connectivity index (χ1n) is 3.52. The molecule has 0 rings (SSSR count). The zero-order chi connectivity index (χ0) is 7.33. The summed E-state index contributed by atoms with van der Waals surface area (Å²) in [5.74, 6) is 1.63. The molecule has 0 aliphatic carbocycles. The number of hydrogen-bond donors (Lipinski definition) is 0. The van der Waals surface area contributed by atoms with Gasteiger partial charge in [-0.05, 0) is 0 Å². The molecule has 0 unspecified atom stereocenters. The van der Waals surface area contributed by atoms with Gasteiger partial charge in [-0.1, -0.05) is 0 Å². The van der Waals surface area contributed by atoms with Crippen LogP contribution in [0.5, 0.6) is 0 Å². The van der Waals surface area contributed by atoms with Crippen molar-refractivity contribution in [1.29, 1.82) is 0 Å². The normalized spacial score (nSPS) is 10.9. The molecular weight excluding hydrogens is 106 g/mol. The fourth-order valence-corrected chi connectivity index (χ4v) is 0.988. The average Bonchev–Trinajstić information content (AvgIpc) is 1.64. The topological polar surface area (TPSA) is 0 Å². The Kier molecular flexibility index (Phi) is 3.92. The molecule has 0 aliphatic heterocycles. The second kappa shape index (κ2) is 3.92. The van der Waals surface area contributed by atoms with E-state index in [0.717, 1.165) is 0 Å². The van der Waals surface area contributed by atoms with Gasteiger partial charge in [0.1, 0.15) is 0 Å². The summed E-state index contributed by atoms with van der Waals surface area (Å²) >= 11 is 0. The third kappa shape index (κ3) is 4.50. The Hall–Kier alpha value is -0.000130. The maximum atomic E-state index is 5.26. The molecule has 0 heterocycles. The fourth-order valence-electron chi connectivity index (χ4n) is 0.988. The molecule has 0 fully saturated rings. The molecule has 0 spiro atoms. The van der Waals surface area contributed by atoms with E-state index in [4.69, 9.17) is 7.49 Å². The van der Waals surface area contributed by atoms with Crippen molar-refractivity contribution >= 4 is 20.6 Å². The van der Waals surface area contributed by atoms with Crippen molar-refractivity contribution in [1.82, 2.24) is 0 Å². The standard InChI is InChI=1S/C7H14B2/c1-4-5-7(2,3)9-6-8/h6H,4-5H2,1-3H3. The van der Waals surface area contributed by atoms with Gasteiger partial charge in [-0.15, -0.1) is 0 Å². The zero-order valence-electron chi connectivity index (χ0n) is 6.65. The first kappa shape index (κ1) is 9.00. The minimum absolute atomic E-state index is 0.295. The van der Waals surface area contributed by atoms with Gasteiger partial charge in [0.15, 0.2) is 0 Å². The molecule has 0 N–H and O–H groups in total. The van der Waals surface area contributed by atoms with Gasteiger partial charge < -0.3 is 0 Å². The molecule has 0 saturated heterocycles. The van der Waals surface area contributed by atoms with Crippen LogP contribution in [0.3, 0.4) is 0 Å². The Labute approximate surface area is 60.4 Å². The van der Waals surface area contributed by atoms with E-state index >= 15 is 0 Å². The summed E-state index contributed by atoms with van der Waals surface area (Å²) in [7, 11) is 7.32. The van der Waals surface area contributed by atoms with Gasteiger partial charge in [-0.25, -0.2) is 0 Å². The van der Waals surface area contributed by atoms with Gasteiger partial charge in [0, 0.05) is 0 Å².